The van der Waals surface area contributed by atoms with Crippen LogP contribution in [0.3, 0.4) is 0 Å². The third-order valence-corrected chi connectivity index (χ3v) is 5.51. The molecule has 1 heterocycles. The highest BCUT2D eigenvalue weighted by atomic mass is 35.5. The molecule has 0 aliphatic carbocycles. The van der Waals surface area contributed by atoms with Gasteiger partial charge in [-0.2, -0.15) is 4.98 Å². The molecular formula is C25H26Cl2FN3O6. The van der Waals surface area contributed by atoms with Crippen molar-refractivity contribution in [3.8, 4) is 11.7 Å². The molecule has 12 heteroatoms. The molecule has 0 spiro atoms. The second-order valence-corrected chi connectivity index (χ2v) is 9.22. The SMILES string of the molecule is COCCOCC(C)(C)OC(=O)c1c(NC(=O)c2ccc(Cl)cc2Cl)nc(OC)n1-c1ccc(F)cc1. The summed E-state index contributed by atoms with van der Waals surface area (Å²) in [6.07, 6.45) is 0. The van der Waals surface area contributed by atoms with Crippen molar-refractivity contribution < 1.29 is 32.9 Å². The predicted molar refractivity (Wildman–Crippen MR) is 137 cm³/mol. The smallest absolute Gasteiger partial charge is 0.359 e. The number of amides is 1. The van der Waals surface area contributed by atoms with Crippen LogP contribution in [0.4, 0.5) is 10.2 Å². The quantitative estimate of drug-likeness (QED) is 0.258. The van der Waals surface area contributed by atoms with Gasteiger partial charge in [-0.1, -0.05) is 23.2 Å². The monoisotopic (exact) mass is 553 g/mol. The highest BCUT2D eigenvalue weighted by Gasteiger charge is 2.32. The zero-order chi connectivity index (χ0) is 27.2. The topological polar surface area (TPSA) is 101 Å². The number of hydrogen-bond donors (Lipinski definition) is 1. The lowest BCUT2D eigenvalue weighted by Crippen LogP contribution is -2.35. The molecule has 0 aliphatic heterocycles. The van der Waals surface area contributed by atoms with Crippen LogP contribution in [-0.4, -0.2) is 61.1 Å². The van der Waals surface area contributed by atoms with E-state index < -0.39 is 23.3 Å². The summed E-state index contributed by atoms with van der Waals surface area (Å²) in [5, 5.41) is 3.04. The molecule has 0 bridgehead atoms. The Bertz CT molecular complexity index is 1260. The molecule has 0 radical (unpaired) electrons. The van der Waals surface area contributed by atoms with Gasteiger partial charge in [0.05, 0.1) is 43.2 Å². The van der Waals surface area contributed by atoms with Gasteiger partial charge in [-0.3, -0.25) is 9.36 Å². The van der Waals surface area contributed by atoms with Crippen molar-refractivity contribution >= 4 is 40.9 Å². The summed E-state index contributed by atoms with van der Waals surface area (Å²) in [6, 6.07) is 9.58. The maximum atomic E-state index is 13.6. The summed E-state index contributed by atoms with van der Waals surface area (Å²) >= 11 is 12.1. The number of esters is 1. The normalized spacial score (nSPS) is 11.3. The van der Waals surface area contributed by atoms with E-state index in [1.54, 1.807) is 21.0 Å². The molecule has 198 valence electrons. The Labute approximate surface area is 223 Å². The highest BCUT2D eigenvalue weighted by Crippen LogP contribution is 2.30. The van der Waals surface area contributed by atoms with Gasteiger partial charge in [-0.15, -0.1) is 0 Å². The molecule has 1 amide bonds. The van der Waals surface area contributed by atoms with Crippen molar-refractivity contribution in [3.63, 3.8) is 0 Å². The van der Waals surface area contributed by atoms with E-state index in [4.69, 9.17) is 42.1 Å². The van der Waals surface area contributed by atoms with E-state index in [0.29, 0.717) is 23.9 Å². The van der Waals surface area contributed by atoms with Crippen LogP contribution in [0, 0.1) is 5.82 Å². The minimum absolute atomic E-state index is 0.0507. The molecule has 0 atom stereocenters. The Balaban J connectivity index is 2.02. The third-order valence-electron chi connectivity index (χ3n) is 4.97. The van der Waals surface area contributed by atoms with Gasteiger partial charge in [-0.25, -0.2) is 9.18 Å². The molecule has 2 aromatic carbocycles. The Morgan fingerprint density at radius 1 is 1.08 bits per heavy atom. The van der Waals surface area contributed by atoms with Gasteiger partial charge in [0.15, 0.2) is 11.5 Å². The largest absolute Gasteiger partial charge is 0.468 e. The fraction of sp³-hybridized carbons (Fsp3) is 0.320. The van der Waals surface area contributed by atoms with Crippen LogP contribution in [0.25, 0.3) is 5.69 Å². The number of anilines is 1. The number of halogens is 3. The minimum Gasteiger partial charge on any atom is -0.468 e. The molecule has 0 saturated heterocycles. The van der Waals surface area contributed by atoms with Crippen LogP contribution in [0.2, 0.25) is 10.0 Å². The maximum Gasteiger partial charge on any atom is 0.359 e. The van der Waals surface area contributed by atoms with Gasteiger partial charge < -0.3 is 24.3 Å². The number of nitrogens with zero attached hydrogens (tertiary/aromatic N) is 2. The van der Waals surface area contributed by atoms with Gasteiger partial charge in [-0.05, 0) is 56.3 Å². The van der Waals surface area contributed by atoms with Gasteiger partial charge in [0.1, 0.15) is 11.4 Å². The summed E-state index contributed by atoms with van der Waals surface area (Å²) in [7, 11) is 2.89. The van der Waals surface area contributed by atoms with Crippen molar-refractivity contribution in [2.75, 3.05) is 39.4 Å². The van der Waals surface area contributed by atoms with E-state index in [2.05, 4.69) is 10.3 Å². The van der Waals surface area contributed by atoms with Crippen LogP contribution in [0.1, 0.15) is 34.7 Å². The van der Waals surface area contributed by atoms with Gasteiger partial charge >= 0.3 is 12.0 Å². The van der Waals surface area contributed by atoms with Crippen molar-refractivity contribution in [1.29, 1.82) is 0 Å². The third kappa shape index (κ3) is 7.20. The summed E-state index contributed by atoms with van der Waals surface area (Å²) in [5.74, 6) is -2.12. The second kappa shape index (κ2) is 12.4. The summed E-state index contributed by atoms with van der Waals surface area (Å²) < 4.78 is 36.5. The van der Waals surface area contributed by atoms with Crippen LogP contribution < -0.4 is 10.1 Å². The Kier molecular flexibility index (Phi) is 9.50. The number of carbonyl (C=O) groups excluding carboxylic acids is 2. The standard InChI is InChI=1S/C25H26Cl2FN3O6/c1-25(2,14-36-12-11-34-3)37-23(33)20-21(29-22(32)18-10-5-15(26)13-19(18)27)30-24(35-4)31(20)17-8-6-16(28)7-9-17/h5-10,13H,11-12,14H2,1-4H3,(H,29,32). The Hall–Kier alpha value is -3.18. The molecule has 9 nitrogen and oxygen atoms in total. The summed E-state index contributed by atoms with van der Waals surface area (Å²) in [6.45, 7) is 4.09. The number of imidazole rings is 1. The van der Waals surface area contributed by atoms with Crippen LogP contribution in [0.5, 0.6) is 6.01 Å². The average molecular weight is 554 g/mol. The fourth-order valence-electron chi connectivity index (χ4n) is 3.28. The number of aromatic nitrogens is 2. The number of methoxy groups -OCH3 is 2. The zero-order valence-electron chi connectivity index (χ0n) is 20.6. The molecule has 0 fully saturated rings. The van der Waals surface area contributed by atoms with E-state index in [1.807, 2.05) is 0 Å². The van der Waals surface area contributed by atoms with Gasteiger partial charge in [0.25, 0.3) is 5.91 Å². The first-order valence-corrected chi connectivity index (χ1v) is 11.8. The van der Waals surface area contributed by atoms with E-state index in [9.17, 15) is 14.0 Å². The number of nitrogens with one attached hydrogen (secondary N) is 1. The van der Waals surface area contributed by atoms with Crippen molar-refractivity contribution in [2.45, 2.75) is 19.4 Å². The lowest BCUT2D eigenvalue weighted by atomic mass is 10.1. The molecule has 0 unspecified atom stereocenters. The molecule has 3 rings (SSSR count). The van der Waals surface area contributed by atoms with Gasteiger partial charge in [0, 0.05) is 12.1 Å². The average Bonchev–Trinajstić information content (AvgIpc) is 3.20. The number of ether oxygens (including phenoxy) is 4. The number of hydrogen-bond acceptors (Lipinski definition) is 7. The minimum atomic E-state index is -1.06. The zero-order valence-corrected chi connectivity index (χ0v) is 22.2. The lowest BCUT2D eigenvalue weighted by molar-refractivity contribution is -0.0541. The Morgan fingerprint density at radius 2 is 1.78 bits per heavy atom. The molecule has 1 N–H and O–H groups in total. The molecule has 3 aromatic rings. The van der Waals surface area contributed by atoms with E-state index in [-0.39, 0.29) is 34.7 Å². The Morgan fingerprint density at radius 3 is 2.41 bits per heavy atom. The van der Waals surface area contributed by atoms with Crippen LogP contribution in [-0.2, 0) is 14.2 Å². The summed E-state index contributed by atoms with van der Waals surface area (Å²) in [5.41, 5.74) is -0.771. The molecule has 0 aliphatic rings. The molecule has 37 heavy (non-hydrogen) atoms. The first kappa shape index (κ1) is 28.4. The van der Waals surface area contributed by atoms with E-state index in [0.717, 1.165) is 0 Å². The van der Waals surface area contributed by atoms with Crippen molar-refractivity contribution in [2.24, 2.45) is 0 Å². The highest BCUT2D eigenvalue weighted by molar-refractivity contribution is 6.37. The second-order valence-electron chi connectivity index (χ2n) is 8.38. The summed E-state index contributed by atoms with van der Waals surface area (Å²) in [4.78, 5) is 30.8. The first-order valence-electron chi connectivity index (χ1n) is 11.1. The van der Waals surface area contributed by atoms with E-state index >= 15 is 0 Å². The predicted octanol–water partition coefficient (Wildman–Crippen LogP) is 5.18. The van der Waals surface area contributed by atoms with Crippen molar-refractivity contribution in [3.05, 3.63) is 69.6 Å². The lowest BCUT2D eigenvalue weighted by Gasteiger charge is -2.25. The maximum absolute atomic E-state index is 13.6. The van der Waals surface area contributed by atoms with Crippen LogP contribution in [0.15, 0.2) is 42.5 Å². The number of rotatable bonds is 11. The molecule has 0 saturated carbocycles. The van der Waals surface area contributed by atoms with Crippen molar-refractivity contribution in [1.82, 2.24) is 9.55 Å². The number of carbonyl (C=O) groups is 2. The molecular weight excluding hydrogens is 528 g/mol. The fourth-order valence-corrected chi connectivity index (χ4v) is 3.77. The first-order chi connectivity index (χ1) is 17.6. The number of benzene rings is 2. The van der Waals surface area contributed by atoms with E-state index in [1.165, 1.54) is 54.1 Å². The van der Waals surface area contributed by atoms with Gasteiger partial charge in [0.2, 0.25) is 0 Å². The molecule has 1 aromatic heterocycles. The van der Waals surface area contributed by atoms with Crippen LogP contribution >= 0.6 is 23.2 Å².